The normalized spacial score (nSPS) is 15.3. The molecule has 0 saturated carbocycles. The fourth-order valence-electron chi connectivity index (χ4n) is 6.97. The molecule has 7 rings (SSSR count). The molecular weight excluding hydrogens is 538 g/mol. The van der Waals surface area contributed by atoms with Crippen LogP contribution in [0.25, 0.3) is 16.8 Å². The molecule has 5 aromatic carbocycles. The molecule has 0 aromatic heterocycles. The van der Waals surface area contributed by atoms with Crippen LogP contribution in [0, 0.1) is 13.8 Å². The number of hydrogen-bond acceptors (Lipinski definition) is 3. The molecule has 0 fully saturated rings. The van der Waals surface area contributed by atoms with Gasteiger partial charge in [0.1, 0.15) is 0 Å². The van der Waals surface area contributed by atoms with Crippen LogP contribution in [0.15, 0.2) is 96.6 Å². The van der Waals surface area contributed by atoms with Gasteiger partial charge in [-0.05, 0) is 112 Å². The molecule has 5 aromatic rings. The Kier molecular flexibility index (Phi) is 6.13. The van der Waals surface area contributed by atoms with Gasteiger partial charge < -0.3 is 4.90 Å². The van der Waals surface area contributed by atoms with Gasteiger partial charge in [-0.1, -0.05) is 83.1 Å². The molecule has 2 aliphatic rings. The first-order chi connectivity index (χ1) is 20.9. The second-order valence-corrected chi connectivity index (χ2v) is 13.9. The lowest BCUT2D eigenvalue weighted by Gasteiger charge is -2.43. The largest absolute Gasteiger partial charge is 0.310 e. The van der Waals surface area contributed by atoms with Crippen LogP contribution in [0.2, 0.25) is 0 Å². The molecule has 218 valence electrons. The van der Waals surface area contributed by atoms with Gasteiger partial charge >= 0.3 is 0 Å². The zero-order chi connectivity index (χ0) is 31.1. The van der Waals surface area contributed by atoms with Gasteiger partial charge in [0.05, 0.1) is 16.9 Å². The maximum Gasteiger partial charge on any atom is 0.197 e. The van der Waals surface area contributed by atoms with Crippen LogP contribution in [-0.4, -0.2) is 11.6 Å². The first-order valence-corrected chi connectivity index (χ1v) is 15.4. The van der Waals surface area contributed by atoms with E-state index in [4.69, 9.17) is 0 Å². The Hall–Kier alpha value is -4.76. The quantitative estimate of drug-likeness (QED) is 0.155. The lowest BCUT2D eigenvalue weighted by atomic mass is 9.70. The van der Waals surface area contributed by atoms with E-state index in [1.54, 1.807) is 6.08 Å². The Bertz CT molecular complexity index is 2030. The summed E-state index contributed by atoms with van der Waals surface area (Å²) < 4.78 is 0. The molecule has 0 saturated heterocycles. The average molecular weight is 576 g/mol. The highest BCUT2D eigenvalue weighted by molar-refractivity contribution is 6.41. The van der Waals surface area contributed by atoms with Crippen molar-refractivity contribution in [2.75, 3.05) is 4.90 Å². The summed E-state index contributed by atoms with van der Waals surface area (Å²) in [7, 11) is 0. The molecular formula is C41H37NO2. The molecule has 0 bridgehead atoms. The summed E-state index contributed by atoms with van der Waals surface area (Å²) >= 11 is 0. The molecule has 3 heteroatoms. The number of anilines is 3. The van der Waals surface area contributed by atoms with Crippen LogP contribution in [0.1, 0.15) is 88.7 Å². The van der Waals surface area contributed by atoms with Gasteiger partial charge in [-0.2, -0.15) is 0 Å². The molecule has 0 atom stereocenters. The molecule has 1 heterocycles. The maximum absolute atomic E-state index is 13.3. The Morgan fingerprint density at radius 1 is 0.705 bits per heavy atom. The predicted octanol–water partition coefficient (Wildman–Crippen LogP) is 10.3. The zero-order valence-corrected chi connectivity index (χ0v) is 26.5. The summed E-state index contributed by atoms with van der Waals surface area (Å²) in [5.41, 5.74) is 11.3. The lowest BCUT2D eigenvalue weighted by Crippen LogP contribution is -2.31. The number of para-hydroxylation sites is 1. The summed E-state index contributed by atoms with van der Waals surface area (Å²) in [4.78, 5) is 29.0. The third-order valence-corrected chi connectivity index (χ3v) is 9.60. The Balaban J connectivity index is 1.40. The van der Waals surface area contributed by atoms with Gasteiger partial charge in [-0.3, -0.25) is 9.59 Å². The average Bonchev–Trinajstić information content (AvgIpc) is 3.20. The predicted molar refractivity (Wildman–Crippen MR) is 182 cm³/mol. The summed E-state index contributed by atoms with van der Waals surface area (Å²) in [5, 5.41) is 2.25. The first-order valence-electron chi connectivity index (χ1n) is 15.4. The number of Topliss-reactive ketones (excluding diaryl/α,β-unsaturated/α-hetero) is 2. The van der Waals surface area contributed by atoms with Crippen LogP contribution in [0.4, 0.5) is 17.1 Å². The van der Waals surface area contributed by atoms with Gasteiger partial charge in [-0.25, -0.2) is 0 Å². The summed E-state index contributed by atoms with van der Waals surface area (Å²) in [6, 6.07) is 31.9. The summed E-state index contributed by atoms with van der Waals surface area (Å²) in [6.45, 7) is 15.4. The van der Waals surface area contributed by atoms with Crippen LogP contribution in [0.3, 0.4) is 0 Å². The van der Waals surface area contributed by atoms with Crippen molar-refractivity contribution in [3.8, 4) is 0 Å². The van der Waals surface area contributed by atoms with Gasteiger partial charge in [0.25, 0.3) is 0 Å². The number of aryl methyl sites for hydroxylation is 2. The van der Waals surface area contributed by atoms with E-state index in [0.29, 0.717) is 11.1 Å². The molecule has 1 aliphatic heterocycles. The summed E-state index contributed by atoms with van der Waals surface area (Å²) in [6.07, 6.45) is 1.76. The second kappa shape index (κ2) is 9.62. The Morgan fingerprint density at radius 2 is 1.34 bits per heavy atom. The van der Waals surface area contributed by atoms with E-state index in [1.165, 1.54) is 27.8 Å². The SMILES string of the molecule is Cc1cc2c(cc1C)C(=O)C(=Cc1ccc3c4c(ccc3c1)N(c1ccccc1)c1ccc(C(C)(C)C)cc1C4(C)C)C2=O. The minimum Gasteiger partial charge on any atom is -0.310 e. The molecule has 0 radical (unpaired) electrons. The monoisotopic (exact) mass is 575 g/mol. The van der Waals surface area contributed by atoms with Crippen molar-refractivity contribution in [3.05, 3.63) is 141 Å². The van der Waals surface area contributed by atoms with Crippen molar-refractivity contribution in [2.45, 2.75) is 59.3 Å². The minimum atomic E-state index is -0.272. The van der Waals surface area contributed by atoms with E-state index >= 15 is 0 Å². The number of rotatable bonds is 2. The van der Waals surface area contributed by atoms with Gasteiger partial charge in [0, 0.05) is 22.2 Å². The topological polar surface area (TPSA) is 37.4 Å². The molecule has 1 aliphatic carbocycles. The standard InChI is InChI=1S/C41H37NO2/c1-24-19-31-32(20-25(24)2)39(44)33(38(31)43)22-26-13-16-30-27(21-26)14-17-36-37(30)41(6,7)34-23-28(40(3,4)5)15-18-35(34)42(36)29-11-9-8-10-12-29/h8-23H,1-7H3. The molecule has 0 spiro atoms. The van der Waals surface area contributed by atoms with Gasteiger partial charge in [0.2, 0.25) is 0 Å². The fourth-order valence-corrected chi connectivity index (χ4v) is 6.97. The highest BCUT2D eigenvalue weighted by Crippen LogP contribution is 2.54. The third-order valence-electron chi connectivity index (χ3n) is 9.60. The third kappa shape index (κ3) is 4.17. The maximum atomic E-state index is 13.3. The highest BCUT2D eigenvalue weighted by Gasteiger charge is 2.39. The Labute approximate surface area is 259 Å². The number of carbonyl (C=O) groups is 2. The number of benzene rings is 5. The molecule has 44 heavy (non-hydrogen) atoms. The minimum absolute atomic E-state index is 0.0241. The van der Waals surface area contributed by atoms with Gasteiger partial charge in [0.15, 0.2) is 11.6 Å². The number of ketones is 2. The molecule has 0 unspecified atom stereocenters. The fraction of sp³-hybridized carbons (Fsp3) is 0.220. The lowest BCUT2D eigenvalue weighted by molar-refractivity contribution is 0.0990. The van der Waals surface area contributed by atoms with Crippen molar-refractivity contribution in [1.29, 1.82) is 0 Å². The van der Waals surface area contributed by atoms with E-state index in [1.807, 2.05) is 32.0 Å². The van der Waals surface area contributed by atoms with Crippen LogP contribution < -0.4 is 4.90 Å². The molecule has 0 N–H and O–H groups in total. The smallest absolute Gasteiger partial charge is 0.197 e. The number of fused-ring (bicyclic) bond motifs is 5. The van der Waals surface area contributed by atoms with E-state index < -0.39 is 0 Å². The first kappa shape index (κ1) is 28.0. The van der Waals surface area contributed by atoms with Crippen molar-refractivity contribution in [2.24, 2.45) is 0 Å². The summed E-state index contributed by atoms with van der Waals surface area (Å²) in [5.74, 6) is -0.380. The van der Waals surface area contributed by atoms with E-state index in [2.05, 4.69) is 112 Å². The van der Waals surface area contributed by atoms with Crippen molar-refractivity contribution in [1.82, 2.24) is 0 Å². The highest BCUT2D eigenvalue weighted by atomic mass is 16.2. The van der Waals surface area contributed by atoms with Gasteiger partial charge in [-0.15, -0.1) is 0 Å². The number of carbonyl (C=O) groups excluding carboxylic acids is 2. The van der Waals surface area contributed by atoms with Crippen molar-refractivity contribution >= 4 is 45.5 Å². The number of hydrogen-bond donors (Lipinski definition) is 0. The van der Waals surface area contributed by atoms with Crippen LogP contribution in [-0.2, 0) is 10.8 Å². The number of allylic oxidation sites excluding steroid dienone is 1. The van der Waals surface area contributed by atoms with Crippen LogP contribution >= 0.6 is 0 Å². The Morgan fingerprint density at radius 3 is 1.98 bits per heavy atom. The number of nitrogens with zero attached hydrogens (tertiary/aromatic N) is 1. The van der Waals surface area contributed by atoms with Crippen LogP contribution in [0.5, 0.6) is 0 Å². The van der Waals surface area contributed by atoms with Crippen molar-refractivity contribution in [3.63, 3.8) is 0 Å². The molecule has 3 nitrogen and oxygen atoms in total. The second-order valence-electron chi connectivity index (χ2n) is 13.9. The van der Waals surface area contributed by atoms with E-state index in [0.717, 1.165) is 33.5 Å². The van der Waals surface area contributed by atoms with E-state index in [9.17, 15) is 9.59 Å². The van der Waals surface area contributed by atoms with E-state index in [-0.39, 0.29) is 28.0 Å². The zero-order valence-electron chi connectivity index (χ0n) is 26.5. The van der Waals surface area contributed by atoms with Crippen molar-refractivity contribution < 1.29 is 9.59 Å². The molecule has 0 amide bonds.